The van der Waals surface area contributed by atoms with Crippen molar-refractivity contribution in [3.8, 4) is 0 Å². The van der Waals surface area contributed by atoms with E-state index in [4.69, 9.17) is 4.42 Å². The molecule has 0 saturated carbocycles. The van der Waals surface area contributed by atoms with Crippen LogP contribution in [-0.2, 0) is 6.42 Å². The van der Waals surface area contributed by atoms with E-state index in [1.54, 1.807) is 12.1 Å². The van der Waals surface area contributed by atoms with E-state index in [0.29, 0.717) is 18.5 Å². The molecule has 2 rings (SSSR count). The van der Waals surface area contributed by atoms with Crippen molar-refractivity contribution in [3.05, 3.63) is 35.6 Å². The summed E-state index contributed by atoms with van der Waals surface area (Å²) in [4.78, 5) is 0. The summed E-state index contributed by atoms with van der Waals surface area (Å²) >= 11 is 0. The Hall–Kier alpha value is -1.42. The van der Waals surface area contributed by atoms with Gasteiger partial charge in [0.25, 0.3) is 0 Å². The summed E-state index contributed by atoms with van der Waals surface area (Å²) in [6.07, 6.45) is 1.50. The Labute approximate surface area is 92.2 Å². The molecule has 0 bridgehead atoms. The number of benzene rings is 1. The first kappa shape index (κ1) is 11.1. The molecule has 0 unspecified atom stereocenters. The lowest BCUT2D eigenvalue weighted by atomic mass is 10.1. The van der Waals surface area contributed by atoms with Gasteiger partial charge in [-0.1, -0.05) is 13.0 Å². The van der Waals surface area contributed by atoms with Crippen molar-refractivity contribution in [2.24, 2.45) is 0 Å². The molecule has 0 radical (unpaired) electrons. The number of fused-ring (bicyclic) bond motifs is 1. The van der Waals surface area contributed by atoms with Crippen LogP contribution < -0.4 is 5.32 Å². The number of hydrogen-bond donors (Lipinski definition) is 1. The Morgan fingerprint density at radius 2 is 2.12 bits per heavy atom. The third kappa shape index (κ3) is 1.93. The first-order valence-electron chi connectivity index (χ1n) is 5.28. The van der Waals surface area contributed by atoms with E-state index >= 15 is 0 Å². The van der Waals surface area contributed by atoms with Gasteiger partial charge >= 0.3 is 0 Å². The van der Waals surface area contributed by atoms with Crippen LogP contribution in [0.4, 0.5) is 8.78 Å². The maximum Gasteiger partial charge on any atom is 0.172 e. The van der Waals surface area contributed by atoms with Crippen LogP contribution in [0.5, 0.6) is 0 Å². The summed E-state index contributed by atoms with van der Waals surface area (Å²) in [6, 6.07) is 3.16. The summed E-state index contributed by atoms with van der Waals surface area (Å²) in [6.45, 7) is 3.53. The van der Waals surface area contributed by atoms with E-state index in [1.807, 2.05) is 6.92 Å². The van der Waals surface area contributed by atoms with Crippen LogP contribution in [-0.4, -0.2) is 13.1 Å². The monoisotopic (exact) mass is 225 g/mol. The molecular weight excluding hydrogens is 212 g/mol. The predicted octanol–water partition coefficient (Wildman–Crippen LogP) is 2.86. The number of halogens is 2. The Morgan fingerprint density at radius 3 is 2.88 bits per heavy atom. The number of rotatable bonds is 4. The van der Waals surface area contributed by atoms with Crippen molar-refractivity contribution < 1.29 is 13.2 Å². The topological polar surface area (TPSA) is 25.2 Å². The minimum atomic E-state index is -0.521. The summed E-state index contributed by atoms with van der Waals surface area (Å²) in [5.41, 5.74) is 0.550. The van der Waals surface area contributed by atoms with E-state index in [9.17, 15) is 8.78 Å². The molecule has 1 N–H and O–H groups in total. The second-order valence-electron chi connectivity index (χ2n) is 3.60. The lowest BCUT2D eigenvalue weighted by Crippen LogP contribution is -2.16. The third-order valence-corrected chi connectivity index (χ3v) is 2.54. The van der Waals surface area contributed by atoms with Crippen molar-refractivity contribution in [2.75, 3.05) is 13.1 Å². The molecule has 1 heterocycles. The van der Waals surface area contributed by atoms with Gasteiger partial charge in [-0.15, -0.1) is 0 Å². The van der Waals surface area contributed by atoms with Crippen LogP contribution in [0.2, 0.25) is 0 Å². The van der Waals surface area contributed by atoms with Crippen molar-refractivity contribution in [1.82, 2.24) is 5.32 Å². The molecule has 2 nitrogen and oxygen atoms in total. The van der Waals surface area contributed by atoms with Gasteiger partial charge < -0.3 is 9.73 Å². The van der Waals surface area contributed by atoms with Crippen molar-refractivity contribution in [1.29, 1.82) is 0 Å². The molecule has 0 aliphatic heterocycles. The standard InChI is InChI=1S/C12H13F2NO/c1-2-15-6-5-8-3-4-9-10(13)7-16-12(9)11(8)14/h3-4,7,15H,2,5-6H2,1H3. The fourth-order valence-corrected chi connectivity index (χ4v) is 1.67. The highest BCUT2D eigenvalue weighted by Gasteiger charge is 2.13. The molecule has 86 valence electrons. The Kier molecular flexibility index (Phi) is 3.19. The van der Waals surface area contributed by atoms with Gasteiger partial charge in [-0.3, -0.25) is 0 Å². The van der Waals surface area contributed by atoms with Crippen LogP contribution in [0.3, 0.4) is 0 Å². The zero-order valence-electron chi connectivity index (χ0n) is 9.02. The minimum absolute atomic E-state index is 0.00602. The summed E-state index contributed by atoms with van der Waals surface area (Å²) in [7, 11) is 0. The van der Waals surface area contributed by atoms with Gasteiger partial charge in [0, 0.05) is 0 Å². The first-order chi connectivity index (χ1) is 7.74. The third-order valence-electron chi connectivity index (χ3n) is 2.54. The molecule has 0 atom stereocenters. The van der Waals surface area contributed by atoms with Crippen molar-refractivity contribution >= 4 is 11.0 Å². The molecule has 0 aliphatic carbocycles. The van der Waals surface area contributed by atoms with Gasteiger partial charge in [-0.2, -0.15) is 0 Å². The molecule has 1 aromatic carbocycles. The van der Waals surface area contributed by atoms with Gasteiger partial charge in [0.1, 0.15) is 6.26 Å². The van der Waals surface area contributed by atoms with Crippen LogP contribution in [0.1, 0.15) is 12.5 Å². The quantitative estimate of drug-likeness (QED) is 0.809. The summed E-state index contributed by atoms with van der Waals surface area (Å²) in [5.74, 6) is -0.980. The normalized spacial score (nSPS) is 11.2. The van der Waals surface area contributed by atoms with Gasteiger partial charge in [0.2, 0.25) is 0 Å². The molecule has 0 amide bonds. The molecule has 2 aromatic rings. The second kappa shape index (κ2) is 4.61. The fraction of sp³-hybridized carbons (Fsp3) is 0.333. The lowest BCUT2D eigenvalue weighted by molar-refractivity contribution is 0.530. The fourth-order valence-electron chi connectivity index (χ4n) is 1.67. The van der Waals surface area contributed by atoms with Crippen LogP contribution in [0, 0.1) is 11.6 Å². The Bertz CT molecular complexity index is 493. The zero-order valence-corrected chi connectivity index (χ0v) is 9.02. The maximum absolute atomic E-state index is 13.8. The molecule has 1 aromatic heterocycles. The van der Waals surface area contributed by atoms with Gasteiger partial charge in [0.15, 0.2) is 17.2 Å². The van der Waals surface area contributed by atoms with Gasteiger partial charge in [-0.05, 0) is 31.1 Å². The van der Waals surface area contributed by atoms with E-state index < -0.39 is 11.6 Å². The highest BCUT2D eigenvalue weighted by atomic mass is 19.1. The van der Waals surface area contributed by atoms with E-state index in [-0.39, 0.29) is 11.0 Å². The molecule has 0 spiro atoms. The van der Waals surface area contributed by atoms with E-state index in [0.717, 1.165) is 12.8 Å². The summed E-state index contributed by atoms with van der Waals surface area (Å²) in [5, 5.41) is 3.30. The molecule has 4 heteroatoms. The largest absolute Gasteiger partial charge is 0.458 e. The van der Waals surface area contributed by atoms with Crippen LogP contribution >= 0.6 is 0 Å². The SMILES string of the molecule is CCNCCc1ccc2c(F)coc2c1F. The Balaban J connectivity index is 2.30. The minimum Gasteiger partial charge on any atom is -0.458 e. The zero-order chi connectivity index (χ0) is 11.5. The molecule has 0 fully saturated rings. The Morgan fingerprint density at radius 1 is 1.31 bits per heavy atom. The van der Waals surface area contributed by atoms with E-state index in [2.05, 4.69) is 5.32 Å². The number of nitrogens with one attached hydrogen (secondary N) is 1. The van der Waals surface area contributed by atoms with Crippen molar-refractivity contribution in [2.45, 2.75) is 13.3 Å². The lowest BCUT2D eigenvalue weighted by Gasteiger charge is -2.03. The maximum atomic E-state index is 13.8. The summed E-state index contributed by atoms with van der Waals surface area (Å²) < 4.78 is 31.8. The first-order valence-corrected chi connectivity index (χ1v) is 5.28. The van der Waals surface area contributed by atoms with Gasteiger partial charge in [-0.25, -0.2) is 8.78 Å². The molecule has 0 aliphatic rings. The number of hydrogen-bond acceptors (Lipinski definition) is 2. The smallest absolute Gasteiger partial charge is 0.172 e. The number of likely N-dealkylation sites (N-methyl/N-ethyl adjacent to an activating group) is 1. The highest BCUT2D eigenvalue weighted by molar-refractivity contribution is 5.79. The molecule has 16 heavy (non-hydrogen) atoms. The van der Waals surface area contributed by atoms with Gasteiger partial charge in [0.05, 0.1) is 5.39 Å². The highest BCUT2D eigenvalue weighted by Crippen LogP contribution is 2.25. The van der Waals surface area contributed by atoms with Crippen molar-refractivity contribution in [3.63, 3.8) is 0 Å². The van der Waals surface area contributed by atoms with Crippen LogP contribution in [0.25, 0.3) is 11.0 Å². The average molecular weight is 225 g/mol. The number of furan rings is 1. The molecular formula is C12H13F2NO. The van der Waals surface area contributed by atoms with Crippen LogP contribution in [0.15, 0.2) is 22.8 Å². The predicted molar refractivity (Wildman–Crippen MR) is 58.4 cm³/mol. The van der Waals surface area contributed by atoms with E-state index in [1.165, 1.54) is 0 Å². The second-order valence-corrected chi connectivity index (χ2v) is 3.60. The average Bonchev–Trinajstić information content (AvgIpc) is 2.65. The molecule has 0 saturated heterocycles.